The highest BCUT2D eigenvalue weighted by atomic mass is 32.2. The molecule has 2 aromatic rings. The maximum absolute atomic E-state index is 8.98. The molecule has 0 aliphatic carbocycles. The number of aliphatic hydroxyl groups is 1. The van der Waals surface area contributed by atoms with Crippen LogP contribution in [0.4, 0.5) is 0 Å². The van der Waals surface area contributed by atoms with Crippen molar-refractivity contribution in [3.8, 4) is 5.75 Å². The fourth-order valence-corrected chi connectivity index (χ4v) is 2.88. The van der Waals surface area contributed by atoms with E-state index in [1.807, 2.05) is 18.2 Å². The van der Waals surface area contributed by atoms with Crippen LogP contribution in [0.2, 0.25) is 0 Å². The molecule has 1 aromatic heterocycles. The standard InChI is InChI=1S/C10H10O2S2/c1-12-9-7-3-2-6(5-11)4-8(7)14-10(9)13/h2-4,11,13H,5H2,1H3. The van der Waals surface area contributed by atoms with Crippen LogP contribution in [0.25, 0.3) is 10.1 Å². The Balaban J connectivity index is 2.68. The molecule has 14 heavy (non-hydrogen) atoms. The summed E-state index contributed by atoms with van der Waals surface area (Å²) >= 11 is 5.89. The number of rotatable bonds is 2. The van der Waals surface area contributed by atoms with Crippen molar-refractivity contribution in [3.63, 3.8) is 0 Å². The van der Waals surface area contributed by atoms with Crippen molar-refractivity contribution in [2.75, 3.05) is 7.11 Å². The van der Waals surface area contributed by atoms with E-state index in [0.29, 0.717) is 0 Å². The van der Waals surface area contributed by atoms with Gasteiger partial charge < -0.3 is 9.84 Å². The Kier molecular flexibility index (Phi) is 2.67. The molecule has 0 amide bonds. The highest BCUT2D eigenvalue weighted by molar-refractivity contribution is 7.83. The second kappa shape index (κ2) is 3.81. The zero-order chi connectivity index (χ0) is 10.1. The normalized spacial score (nSPS) is 10.8. The Labute approximate surface area is 91.5 Å². The van der Waals surface area contributed by atoms with Crippen LogP contribution in [0.1, 0.15) is 5.56 Å². The van der Waals surface area contributed by atoms with Crippen LogP contribution < -0.4 is 4.74 Å². The summed E-state index contributed by atoms with van der Waals surface area (Å²) < 4.78 is 7.21. The van der Waals surface area contributed by atoms with Gasteiger partial charge in [0.15, 0.2) is 5.75 Å². The largest absolute Gasteiger partial charge is 0.494 e. The monoisotopic (exact) mass is 226 g/mol. The molecule has 0 aliphatic rings. The first-order valence-corrected chi connectivity index (χ1v) is 5.42. The number of hydrogen-bond donors (Lipinski definition) is 2. The highest BCUT2D eigenvalue weighted by Gasteiger charge is 2.09. The van der Waals surface area contributed by atoms with Gasteiger partial charge in [0.2, 0.25) is 0 Å². The zero-order valence-electron chi connectivity index (χ0n) is 7.65. The first-order chi connectivity index (χ1) is 6.76. The van der Waals surface area contributed by atoms with Gasteiger partial charge in [0, 0.05) is 10.1 Å². The van der Waals surface area contributed by atoms with Gasteiger partial charge in [0.25, 0.3) is 0 Å². The van der Waals surface area contributed by atoms with Crippen molar-refractivity contribution in [1.29, 1.82) is 0 Å². The third kappa shape index (κ3) is 1.49. The molecular weight excluding hydrogens is 216 g/mol. The third-order valence-electron chi connectivity index (χ3n) is 2.08. The van der Waals surface area contributed by atoms with E-state index in [9.17, 15) is 0 Å². The van der Waals surface area contributed by atoms with Gasteiger partial charge in [-0.05, 0) is 17.7 Å². The number of thiol groups is 1. The summed E-state index contributed by atoms with van der Waals surface area (Å²) in [5.41, 5.74) is 0.912. The summed E-state index contributed by atoms with van der Waals surface area (Å²) in [4.78, 5) is 0. The van der Waals surface area contributed by atoms with E-state index in [0.717, 1.165) is 25.6 Å². The van der Waals surface area contributed by atoms with Crippen LogP contribution >= 0.6 is 24.0 Å². The molecule has 0 bridgehead atoms. The fraction of sp³-hybridized carbons (Fsp3) is 0.200. The number of hydrogen-bond acceptors (Lipinski definition) is 4. The van der Waals surface area contributed by atoms with Gasteiger partial charge in [0.05, 0.1) is 13.7 Å². The molecule has 1 heterocycles. The van der Waals surface area contributed by atoms with E-state index < -0.39 is 0 Å². The van der Waals surface area contributed by atoms with Crippen LogP contribution in [0, 0.1) is 0 Å². The number of ether oxygens (including phenoxy) is 1. The predicted molar refractivity (Wildman–Crippen MR) is 61.6 cm³/mol. The minimum atomic E-state index is 0.0675. The van der Waals surface area contributed by atoms with Crippen LogP contribution in [0.3, 0.4) is 0 Å². The van der Waals surface area contributed by atoms with Gasteiger partial charge in [-0.1, -0.05) is 6.07 Å². The average Bonchev–Trinajstić information content (AvgIpc) is 2.51. The maximum atomic E-state index is 8.98. The first kappa shape index (κ1) is 9.83. The first-order valence-electron chi connectivity index (χ1n) is 4.15. The smallest absolute Gasteiger partial charge is 0.150 e. The molecule has 0 atom stereocenters. The molecule has 0 unspecified atom stereocenters. The lowest BCUT2D eigenvalue weighted by atomic mass is 10.2. The molecule has 74 valence electrons. The predicted octanol–water partition coefficient (Wildman–Crippen LogP) is 2.69. The molecular formula is C10H10O2S2. The van der Waals surface area contributed by atoms with Gasteiger partial charge in [-0.15, -0.1) is 24.0 Å². The lowest BCUT2D eigenvalue weighted by Crippen LogP contribution is -1.83. The third-order valence-corrected chi connectivity index (χ3v) is 3.49. The summed E-state index contributed by atoms with van der Waals surface area (Å²) in [5.74, 6) is 0.817. The number of methoxy groups -OCH3 is 1. The number of aliphatic hydroxyl groups excluding tert-OH is 1. The number of fused-ring (bicyclic) bond motifs is 1. The van der Waals surface area contributed by atoms with E-state index >= 15 is 0 Å². The second-order valence-electron chi connectivity index (χ2n) is 2.93. The number of benzene rings is 1. The van der Waals surface area contributed by atoms with E-state index in [4.69, 9.17) is 9.84 Å². The average molecular weight is 226 g/mol. The SMILES string of the molecule is COc1c(S)sc2cc(CO)ccc12. The van der Waals surface area contributed by atoms with E-state index in [-0.39, 0.29) is 6.61 Å². The summed E-state index contributed by atoms with van der Waals surface area (Å²) in [6.45, 7) is 0.0675. The maximum Gasteiger partial charge on any atom is 0.150 e. The Morgan fingerprint density at radius 2 is 2.29 bits per heavy atom. The highest BCUT2D eigenvalue weighted by Crippen LogP contribution is 2.40. The minimum absolute atomic E-state index is 0.0675. The van der Waals surface area contributed by atoms with Gasteiger partial charge >= 0.3 is 0 Å². The molecule has 0 saturated heterocycles. The fourth-order valence-electron chi connectivity index (χ4n) is 1.40. The van der Waals surface area contributed by atoms with E-state index in [1.165, 1.54) is 0 Å². The lowest BCUT2D eigenvalue weighted by molar-refractivity contribution is 0.282. The molecule has 4 heteroatoms. The van der Waals surface area contributed by atoms with Crippen molar-refractivity contribution >= 4 is 34.1 Å². The van der Waals surface area contributed by atoms with E-state index in [2.05, 4.69) is 12.6 Å². The van der Waals surface area contributed by atoms with Crippen molar-refractivity contribution in [1.82, 2.24) is 0 Å². The zero-order valence-corrected chi connectivity index (χ0v) is 9.36. The summed E-state index contributed by atoms with van der Waals surface area (Å²) in [5, 5.41) is 10.0. The second-order valence-corrected chi connectivity index (χ2v) is 4.73. The molecule has 0 fully saturated rings. The molecule has 1 aromatic carbocycles. The molecule has 2 rings (SSSR count). The summed E-state index contributed by atoms with van der Waals surface area (Å²) in [7, 11) is 1.64. The van der Waals surface area contributed by atoms with Crippen LogP contribution in [-0.4, -0.2) is 12.2 Å². The van der Waals surface area contributed by atoms with Crippen molar-refractivity contribution < 1.29 is 9.84 Å². The molecule has 0 saturated carbocycles. The number of thiophene rings is 1. The molecule has 0 aliphatic heterocycles. The summed E-state index contributed by atoms with van der Waals surface area (Å²) in [6.07, 6.45) is 0. The van der Waals surface area contributed by atoms with Crippen LogP contribution in [-0.2, 0) is 6.61 Å². The Morgan fingerprint density at radius 1 is 1.50 bits per heavy atom. The Morgan fingerprint density at radius 3 is 2.93 bits per heavy atom. The minimum Gasteiger partial charge on any atom is -0.494 e. The summed E-state index contributed by atoms with van der Waals surface area (Å²) in [6, 6.07) is 5.81. The topological polar surface area (TPSA) is 29.5 Å². The van der Waals surface area contributed by atoms with E-state index in [1.54, 1.807) is 18.4 Å². The lowest BCUT2D eigenvalue weighted by Gasteiger charge is -1.99. The van der Waals surface area contributed by atoms with Crippen molar-refractivity contribution in [3.05, 3.63) is 23.8 Å². The molecule has 0 radical (unpaired) electrons. The quantitative estimate of drug-likeness (QED) is 0.771. The van der Waals surface area contributed by atoms with Crippen LogP contribution in [0.5, 0.6) is 5.75 Å². The van der Waals surface area contributed by atoms with Gasteiger partial charge in [-0.25, -0.2) is 0 Å². The Bertz CT molecular complexity index is 462. The van der Waals surface area contributed by atoms with Gasteiger partial charge in [-0.2, -0.15) is 0 Å². The Hall–Kier alpha value is -0.710. The van der Waals surface area contributed by atoms with Gasteiger partial charge in [-0.3, -0.25) is 0 Å². The van der Waals surface area contributed by atoms with Gasteiger partial charge in [0.1, 0.15) is 4.21 Å². The van der Waals surface area contributed by atoms with Crippen molar-refractivity contribution in [2.45, 2.75) is 10.8 Å². The van der Waals surface area contributed by atoms with Crippen molar-refractivity contribution in [2.24, 2.45) is 0 Å². The molecule has 1 N–H and O–H groups in total. The van der Waals surface area contributed by atoms with Crippen LogP contribution in [0.15, 0.2) is 22.4 Å². The molecule has 0 spiro atoms. The molecule has 2 nitrogen and oxygen atoms in total.